The molecule has 0 unspecified atom stereocenters. The Bertz CT molecular complexity index is 819. The van der Waals surface area contributed by atoms with Crippen LogP contribution in [0.15, 0.2) is 24.5 Å². The number of nitrogens with one attached hydrogen (secondary N) is 2. The minimum absolute atomic E-state index is 0.189. The van der Waals surface area contributed by atoms with Crippen LogP contribution in [0.2, 0.25) is 0 Å². The van der Waals surface area contributed by atoms with Crippen molar-refractivity contribution in [3.63, 3.8) is 0 Å². The molecule has 0 radical (unpaired) electrons. The highest BCUT2D eigenvalue weighted by atomic mass is 15.1. The van der Waals surface area contributed by atoms with Gasteiger partial charge in [-0.2, -0.15) is 0 Å². The minimum atomic E-state index is 0.189. The standard InChI is InChI=1S/C22H29N5/c1-13-3-14(2)5-18(4-13)26-20-19(23)21(25-12-24-20)27-22-9-15-6-16(10-22)8-17(7-15)11-22/h3-5,12,15-17H,6-11,23H2,1-2H3,(H2,24,25,26,27). The summed E-state index contributed by atoms with van der Waals surface area (Å²) >= 11 is 0. The predicted octanol–water partition coefficient (Wildman–Crippen LogP) is 4.80. The van der Waals surface area contributed by atoms with Crippen molar-refractivity contribution in [3.8, 4) is 0 Å². The number of aryl methyl sites for hydroxylation is 2. The van der Waals surface area contributed by atoms with Gasteiger partial charge in [0.05, 0.1) is 0 Å². The summed E-state index contributed by atoms with van der Waals surface area (Å²) in [5.41, 5.74) is 10.7. The Morgan fingerprint density at radius 2 is 1.44 bits per heavy atom. The molecule has 4 aliphatic rings. The second kappa shape index (κ2) is 6.11. The van der Waals surface area contributed by atoms with Gasteiger partial charge in [-0.15, -0.1) is 0 Å². The molecule has 1 aromatic heterocycles. The van der Waals surface area contributed by atoms with Crippen LogP contribution >= 0.6 is 0 Å². The molecule has 142 valence electrons. The molecule has 1 heterocycles. The van der Waals surface area contributed by atoms with Crippen LogP contribution in [-0.2, 0) is 0 Å². The molecule has 4 aliphatic carbocycles. The molecule has 0 saturated heterocycles. The van der Waals surface area contributed by atoms with Crippen LogP contribution in [0.5, 0.6) is 0 Å². The van der Waals surface area contributed by atoms with E-state index in [0.717, 1.165) is 29.3 Å². The number of nitrogens with two attached hydrogens (primary N) is 1. The van der Waals surface area contributed by atoms with Crippen LogP contribution in [0.3, 0.4) is 0 Å². The average Bonchev–Trinajstić information content (AvgIpc) is 2.56. The molecule has 0 aliphatic heterocycles. The van der Waals surface area contributed by atoms with E-state index in [1.165, 1.54) is 49.7 Å². The molecule has 4 saturated carbocycles. The van der Waals surface area contributed by atoms with Crippen LogP contribution in [-0.4, -0.2) is 15.5 Å². The fourth-order valence-corrected chi connectivity index (χ4v) is 6.29. The Labute approximate surface area is 161 Å². The number of hydrogen-bond donors (Lipinski definition) is 3. The van der Waals surface area contributed by atoms with Crippen molar-refractivity contribution < 1.29 is 0 Å². The maximum absolute atomic E-state index is 6.49. The van der Waals surface area contributed by atoms with Gasteiger partial charge in [0.1, 0.15) is 12.0 Å². The Hall–Kier alpha value is -2.30. The van der Waals surface area contributed by atoms with Gasteiger partial charge < -0.3 is 16.4 Å². The number of rotatable bonds is 4. The second-order valence-electron chi connectivity index (χ2n) is 9.31. The van der Waals surface area contributed by atoms with E-state index in [4.69, 9.17) is 5.73 Å². The van der Waals surface area contributed by atoms with Crippen molar-refractivity contribution in [3.05, 3.63) is 35.7 Å². The van der Waals surface area contributed by atoms with Crippen LogP contribution in [0.4, 0.5) is 23.0 Å². The quantitative estimate of drug-likeness (QED) is 0.727. The van der Waals surface area contributed by atoms with Crippen LogP contribution < -0.4 is 16.4 Å². The summed E-state index contributed by atoms with van der Waals surface area (Å²) in [7, 11) is 0. The number of nitrogen functional groups attached to an aromatic ring is 1. The molecular formula is C22H29N5. The maximum Gasteiger partial charge on any atom is 0.159 e. The molecule has 6 rings (SSSR count). The SMILES string of the molecule is Cc1cc(C)cc(Nc2ncnc(NC34CC5CC(CC(C5)C3)C4)c2N)c1. The fraction of sp³-hybridized carbons (Fsp3) is 0.545. The molecule has 4 fully saturated rings. The van der Waals surface area contributed by atoms with E-state index in [-0.39, 0.29) is 5.54 Å². The minimum Gasteiger partial charge on any atom is -0.393 e. The number of hydrogen-bond acceptors (Lipinski definition) is 5. The van der Waals surface area contributed by atoms with Gasteiger partial charge in [-0.25, -0.2) is 9.97 Å². The first kappa shape index (κ1) is 16.8. The number of nitrogens with zero attached hydrogens (tertiary/aromatic N) is 2. The zero-order valence-corrected chi connectivity index (χ0v) is 16.3. The molecular weight excluding hydrogens is 334 g/mol. The Balaban J connectivity index is 1.40. The number of benzene rings is 1. The third kappa shape index (κ3) is 3.13. The van der Waals surface area contributed by atoms with Crippen LogP contribution in [0, 0.1) is 31.6 Å². The zero-order chi connectivity index (χ0) is 18.6. The lowest BCUT2D eigenvalue weighted by Crippen LogP contribution is -2.55. The Morgan fingerprint density at radius 1 is 0.889 bits per heavy atom. The summed E-state index contributed by atoms with van der Waals surface area (Å²) in [4.78, 5) is 8.91. The highest BCUT2D eigenvalue weighted by Crippen LogP contribution is 2.56. The van der Waals surface area contributed by atoms with E-state index < -0.39 is 0 Å². The average molecular weight is 364 g/mol. The van der Waals surface area contributed by atoms with Gasteiger partial charge in [0.15, 0.2) is 11.6 Å². The van der Waals surface area contributed by atoms with Gasteiger partial charge >= 0.3 is 0 Å². The van der Waals surface area contributed by atoms with E-state index in [1.54, 1.807) is 6.33 Å². The van der Waals surface area contributed by atoms with Gasteiger partial charge in [0, 0.05) is 11.2 Å². The summed E-state index contributed by atoms with van der Waals surface area (Å²) in [5.74, 6) is 4.14. The van der Waals surface area contributed by atoms with Crippen molar-refractivity contribution in [2.24, 2.45) is 17.8 Å². The van der Waals surface area contributed by atoms with E-state index in [0.29, 0.717) is 11.5 Å². The summed E-state index contributed by atoms with van der Waals surface area (Å²) in [6, 6.07) is 6.38. The van der Waals surface area contributed by atoms with Crippen molar-refractivity contribution in [2.45, 2.75) is 57.9 Å². The first-order chi connectivity index (χ1) is 13.0. The Kier molecular flexibility index (Phi) is 3.81. The smallest absolute Gasteiger partial charge is 0.159 e. The first-order valence-electron chi connectivity index (χ1n) is 10.2. The summed E-state index contributed by atoms with van der Waals surface area (Å²) < 4.78 is 0. The lowest BCUT2D eigenvalue weighted by Gasteiger charge is -2.57. The van der Waals surface area contributed by atoms with Crippen molar-refractivity contribution in [2.75, 3.05) is 16.4 Å². The Morgan fingerprint density at radius 3 is 2.04 bits per heavy atom. The normalized spacial score (nSPS) is 31.1. The highest BCUT2D eigenvalue weighted by Gasteiger charge is 2.51. The van der Waals surface area contributed by atoms with Gasteiger partial charge in [0.2, 0.25) is 0 Å². The largest absolute Gasteiger partial charge is 0.393 e. The molecule has 4 N–H and O–H groups in total. The monoisotopic (exact) mass is 363 g/mol. The van der Waals surface area contributed by atoms with E-state index in [2.05, 4.69) is 52.6 Å². The summed E-state index contributed by atoms with van der Waals surface area (Å²) in [5, 5.41) is 7.17. The predicted molar refractivity (Wildman–Crippen MR) is 110 cm³/mol. The molecule has 5 nitrogen and oxygen atoms in total. The lowest BCUT2D eigenvalue weighted by molar-refractivity contribution is 0.0106. The fourth-order valence-electron chi connectivity index (χ4n) is 6.29. The molecule has 5 heteroatoms. The molecule has 0 amide bonds. The molecule has 0 spiro atoms. The third-order valence-electron chi connectivity index (χ3n) is 6.79. The second-order valence-corrected chi connectivity index (χ2v) is 9.31. The lowest BCUT2D eigenvalue weighted by atomic mass is 9.53. The first-order valence-corrected chi connectivity index (χ1v) is 10.2. The number of anilines is 4. The number of aromatic nitrogens is 2. The maximum atomic E-state index is 6.49. The molecule has 2 aromatic rings. The van der Waals surface area contributed by atoms with Gasteiger partial charge in [-0.1, -0.05) is 6.07 Å². The van der Waals surface area contributed by atoms with Crippen molar-refractivity contribution in [1.29, 1.82) is 0 Å². The van der Waals surface area contributed by atoms with Crippen LogP contribution in [0.25, 0.3) is 0 Å². The molecule has 1 aromatic carbocycles. The zero-order valence-electron chi connectivity index (χ0n) is 16.3. The highest BCUT2D eigenvalue weighted by molar-refractivity contribution is 5.78. The van der Waals surface area contributed by atoms with E-state index in [1.807, 2.05) is 0 Å². The van der Waals surface area contributed by atoms with Crippen LogP contribution in [0.1, 0.15) is 49.7 Å². The van der Waals surface area contributed by atoms with E-state index in [9.17, 15) is 0 Å². The van der Waals surface area contributed by atoms with Gasteiger partial charge in [-0.05, 0) is 93.4 Å². The van der Waals surface area contributed by atoms with Gasteiger partial charge in [-0.3, -0.25) is 0 Å². The molecule has 4 bridgehead atoms. The molecule has 0 atom stereocenters. The summed E-state index contributed by atoms with van der Waals surface area (Å²) in [6.45, 7) is 4.20. The van der Waals surface area contributed by atoms with Gasteiger partial charge in [0.25, 0.3) is 0 Å². The van der Waals surface area contributed by atoms with Crippen molar-refractivity contribution in [1.82, 2.24) is 9.97 Å². The van der Waals surface area contributed by atoms with E-state index >= 15 is 0 Å². The van der Waals surface area contributed by atoms with Crippen molar-refractivity contribution >= 4 is 23.0 Å². The third-order valence-corrected chi connectivity index (χ3v) is 6.79. The topological polar surface area (TPSA) is 75.9 Å². The molecule has 27 heavy (non-hydrogen) atoms. The summed E-state index contributed by atoms with van der Waals surface area (Å²) in [6.07, 6.45) is 9.70.